The average Bonchev–Trinajstić information content (AvgIpc) is 3.74. The molecule has 6 rings (SSSR count). The molecule has 1 nitrogen and oxygen atoms in total. The van der Waals surface area contributed by atoms with E-state index in [-0.39, 0.29) is 5.60 Å². The molecule has 1 saturated heterocycles. The minimum Gasteiger partial charge on any atom is -0.370 e. The summed E-state index contributed by atoms with van der Waals surface area (Å²) in [5.74, 6) is 0.909. The highest BCUT2D eigenvalue weighted by atomic mass is 16.5. The Morgan fingerprint density at radius 2 is 1.00 bits per heavy atom. The summed E-state index contributed by atoms with van der Waals surface area (Å²) in [5.41, 5.74) is 5.97. The van der Waals surface area contributed by atoms with Gasteiger partial charge in [0.15, 0.2) is 0 Å². The van der Waals surface area contributed by atoms with Gasteiger partial charge < -0.3 is 4.74 Å². The molecule has 206 valence electrons. The van der Waals surface area contributed by atoms with Gasteiger partial charge in [-0.15, -0.1) is 0 Å². The van der Waals surface area contributed by atoms with Crippen molar-refractivity contribution in [3.63, 3.8) is 0 Å². The third kappa shape index (κ3) is 12.6. The maximum atomic E-state index is 5.50. The lowest BCUT2D eigenvalue weighted by Crippen LogP contribution is -2.37. The van der Waals surface area contributed by atoms with Gasteiger partial charge in [-0.3, -0.25) is 0 Å². The number of rotatable bonds is 2. The standard InChI is InChI=1S/C10H12O.2C9H10.4C2H6/c1-10(7-8-11-10)9-5-3-2-4-6-9;1-2-5-9-7-3-6-8(9)4-1;1-2-4-8(5-3-1)9-6-7-9;4*1-2/h2-6H,7-8H2,1H3;1-2,4-5H,3,6-7H2;1-5,9H,6-7H2;4*1-2H3. The summed E-state index contributed by atoms with van der Waals surface area (Å²) in [6.07, 6.45) is 7.93. The highest BCUT2D eigenvalue weighted by molar-refractivity contribution is 5.30. The van der Waals surface area contributed by atoms with E-state index in [1.54, 1.807) is 11.1 Å². The van der Waals surface area contributed by atoms with Crippen molar-refractivity contribution in [1.29, 1.82) is 0 Å². The van der Waals surface area contributed by atoms with Gasteiger partial charge in [-0.2, -0.15) is 0 Å². The van der Waals surface area contributed by atoms with Crippen molar-refractivity contribution in [2.24, 2.45) is 0 Å². The second-order valence-electron chi connectivity index (χ2n) is 8.50. The van der Waals surface area contributed by atoms with Gasteiger partial charge in [-0.05, 0) is 67.2 Å². The van der Waals surface area contributed by atoms with Crippen LogP contribution in [-0.2, 0) is 23.2 Å². The fraction of sp³-hybridized carbons (Fsp3) is 0.500. The van der Waals surface area contributed by atoms with Crippen molar-refractivity contribution in [3.8, 4) is 0 Å². The minimum absolute atomic E-state index is 0.0151. The SMILES string of the molecule is CC.CC.CC.CC.CC1(c2ccccc2)CCO1.c1ccc(C2CC2)cc1.c1ccc2c(c1)CCC2. The highest BCUT2D eigenvalue weighted by Crippen LogP contribution is 2.39. The third-order valence-electron chi connectivity index (χ3n) is 6.24. The second kappa shape index (κ2) is 21.7. The maximum absolute atomic E-state index is 5.50. The van der Waals surface area contributed by atoms with Crippen molar-refractivity contribution in [2.75, 3.05) is 6.61 Å². The fourth-order valence-electron chi connectivity index (χ4n) is 4.08. The van der Waals surface area contributed by atoms with Crippen LogP contribution in [0.2, 0.25) is 0 Å². The Hall–Kier alpha value is -2.38. The van der Waals surface area contributed by atoms with Crippen molar-refractivity contribution in [3.05, 3.63) is 107 Å². The fourth-order valence-corrected chi connectivity index (χ4v) is 4.08. The van der Waals surface area contributed by atoms with Gasteiger partial charge >= 0.3 is 0 Å². The molecule has 2 fully saturated rings. The van der Waals surface area contributed by atoms with E-state index in [0.717, 1.165) is 18.9 Å². The van der Waals surface area contributed by atoms with Crippen LogP contribution in [0.25, 0.3) is 0 Å². The first-order valence-corrected chi connectivity index (χ1v) is 15.1. The van der Waals surface area contributed by atoms with Crippen molar-refractivity contribution < 1.29 is 4.74 Å². The summed E-state index contributed by atoms with van der Waals surface area (Å²) in [6.45, 7) is 19.1. The molecule has 3 aliphatic rings. The molecular weight excluding hydrogens is 448 g/mol. The number of fused-ring (bicyclic) bond motifs is 1. The molecule has 1 atom stereocenters. The van der Waals surface area contributed by atoms with Crippen LogP contribution in [0.1, 0.15) is 116 Å². The van der Waals surface area contributed by atoms with Gasteiger partial charge in [0.1, 0.15) is 0 Å². The van der Waals surface area contributed by atoms with Crippen LogP contribution >= 0.6 is 0 Å². The Bertz CT molecular complexity index is 854. The van der Waals surface area contributed by atoms with Gasteiger partial charge in [0.2, 0.25) is 0 Å². The van der Waals surface area contributed by atoms with E-state index in [2.05, 4.69) is 85.8 Å². The second-order valence-corrected chi connectivity index (χ2v) is 8.50. The van der Waals surface area contributed by atoms with Gasteiger partial charge in [0.25, 0.3) is 0 Å². The Labute approximate surface area is 230 Å². The van der Waals surface area contributed by atoms with E-state index < -0.39 is 0 Å². The number of benzene rings is 3. The van der Waals surface area contributed by atoms with Crippen LogP contribution in [-0.4, -0.2) is 6.61 Å². The van der Waals surface area contributed by atoms with Gasteiger partial charge in [-0.1, -0.05) is 140 Å². The number of ether oxygens (including phenoxy) is 1. The Kier molecular flexibility index (Phi) is 20.3. The zero-order chi connectivity index (χ0) is 27.9. The molecule has 1 heteroatoms. The lowest BCUT2D eigenvalue weighted by Gasteiger charge is -2.39. The number of aryl methyl sites for hydroxylation is 2. The molecule has 0 N–H and O–H groups in total. The zero-order valence-electron chi connectivity index (χ0n) is 25.5. The summed E-state index contributed by atoms with van der Waals surface area (Å²) < 4.78 is 5.50. The van der Waals surface area contributed by atoms with E-state index in [1.807, 2.05) is 61.5 Å². The van der Waals surface area contributed by atoms with Crippen molar-refractivity contribution >= 4 is 0 Å². The first-order valence-electron chi connectivity index (χ1n) is 15.1. The summed E-state index contributed by atoms with van der Waals surface area (Å²) in [4.78, 5) is 0. The first kappa shape index (κ1) is 34.6. The summed E-state index contributed by atoms with van der Waals surface area (Å²) in [5, 5.41) is 0. The lowest BCUT2D eigenvalue weighted by molar-refractivity contribution is -0.140. The topological polar surface area (TPSA) is 9.23 Å². The first-order chi connectivity index (χ1) is 18.2. The van der Waals surface area contributed by atoms with Crippen LogP contribution in [0.3, 0.4) is 0 Å². The predicted octanol–water partition coefficient (Wildman–Crippen LogP) is 11.2. The minimum atomic E-state index is 0.0151. The molecule has 1 aliphatic heterocycles. The monoisotopic (exact) mass is 504 g/mol. The molecule has 0 spiro atoms. The van der Waals surface area contributed by atoms with E-state index in [1.165, 1.54) is 43.2 Å². The van der Waals surface area contributed by atoms with Crippen LogP contribution in [0.15, 0.2) is 84.9 Å². The van der Waals surface area contributed by atoms with Gasteiger partial charge in [0, 0.05) is 6.42 Å². The lowest BCUT2D eigenvalue weighted by atomic mass is 9.89. The van der Waals surface area contributed by atoms with E-state index in [9.17, 15) is 0 Å². The van der Waals surface area contributed by atoms with Crippen LogP contribution in [0.5, 0.6) is 0 Å². The molecule has 3 aromatic carbocycles. The number of hydrogen-bond donors (Lipinski definition) is 0. The highest BCUT2D eigenvalue weighted by Gasteiger charge is 2.34. The largest absolute Gasteiger partial charge is 0.370 e. The Morgan fingerprint density at radius 3 is 1.38 bits per heavy atom. The molecule has 1 saturated carbocycles. The molecule has 1 heterocycles. The van der Waals surface area contributed by atoms with Crippen LogP contribution < -0.4 is 0 Å². The molecule has 1 unspecified atom stereocenters. The normalized spacial score (nSPS) is 17.5. The van der Waals surface area contributed by atoms with E-state index in [0.29, 0.717) is 0 Å². The van der Waals surface area contributed by atoms with E-state index in [4.69, 9.17) is 4.74 Å². The molecule has 0 aromatic heterocycles. The maximum Gasteiger partial charge on any atom is 0.0925 e. The predicted molar refractivity (Wildman–Crippen MR) is 167 cm³/mol. The van der Waals surface area contributed by atoms with Crippen LogP contribution in [0.4, 0.5) is 0 Å². The molecule has 0 amide bonds. The van der Waals surface area contributed by atoms with E-state index >= 15 is 0 Å². The summed E-state index contributed by atoms with van der Waals surface area (Å²) in [6, 6.07) is 29.9. The number of hydrogen-bond acceptors (Lipinski definition) is 1. The third-order valence-corrected chi connectivity index (χ3v) is 6.24. The van der Waals surface area contributed by atoms with Gasteiger partial charge in [-0.25, -0.2) is 0 Å². The average molecular weight is 505 g/mol. The Morgan fingerprint density at radius 1 is 0.595 bits per heavy atom. The quantitative estimate of drug-likeness (QED) is 0.337. The van der Waals surface area contributed by atoms with Crippen molar-refractivity contribution in [2.45, 2.75) is 112 Å². The molecule has 37 heavy (non-hydrogen) atoms. The molecule has 0 radical (unpaired) electrons. The Balaban J connectivity index is 0.000000464. The summed E-state index contributed by atoms with van der Waals surface area (Å²) in [7, 11) is 0. The smallest absolute Gasteiger partial charge is 0.0925 e. The molecular formula is C36H56O. The molecule has 3 aromatic rings. The molecule has 0 bridgehead atoms. The summed E-state index contributed by atoms with van der Waals surface area (Å²) >= 11 is 0. The van der Waals surface area contributed by atoms with Gasteiger partial charge in [0.05, 0.1) is 12.2 Å². The zero-order valence-corrected chi connectivity index (χ0v) is 25.5. The molecule has 2 aliphatic carbocycles. The van der Waals surface area contributed by atoms with Crippen molar-refractivity contribution in [1.82, 2.24) is 0 Å². The van der Waals surface area contributed by atoms with Crippen LogP contribution in [0, 0.1) is 0 Å².